The summed E-state index contributed by atoms with van der Waals surface area (Å²) in [5.41, 5.74) is 0. The minimum absolute atomic E-state index is 0.0654. The van der Waals surface area contributed by atoms with Gasteiger partial charge in [-0.3, -0.25) is 0 Å². The van der Waals surface area contributed by atoms with Gasteiger partial charge in [-0.05, 0) is 25.1 Å². The summed E-state index contributed by atoms with van der Waals surface area (Å²) in [6.45, 7) is 2.56. The van der Waals surface area contributed by atoms with E-state index in [1.54, 1.807) is 0 Å². The van der Waals surface area contributed by atoms with Gasteiger partial charge in [0, 0.05) is 6.04 Å². The van der Waals surface area contributed by atoms with Gasteiger partial charge < -0.3 is 10.1 Å². The van der Waals surface area contributed by atoms with Crippen molar-refractivity contribution < 1.29 is 13.2 Å². The summed E-state index contributed by atoms with van der Waals surface area (Å²) in [6, 6.07) is -0.0654. The molecule has 4 nitrogen and oxygen atoms in total. The van der Waals surface area contributed by atoms with Crippen molar-refractivity contribution in [3.63, 3.8) is 0 Å². The van der Waals surface area contributed by atoms with E-state index in [0.717, 1.165) is 6.42 Å². The van der Waals surface area contributed by atoms with E-state index in [2.05, 4.69) is 5.32 Å². The molecule has 1 N–H and O–H groups in total. The van der Waals surface area contributed by atoms with E-state index in [0.29, 0.717) is 18.2 Å². The van der Waals surface area contributed by atoms with Crippen LogP contribution < -0.4 is 5.32 Å². The van der Waals surface area contributed by atoms with Crippen molar-refractivity contribution in [3.05, 3.63) is 0 Å². The molecule has 0 aromatic carbocycles. The SMILES string of the molecule is CCCOC(=S)N[C@@H]1CCS(=O)(=O)C1. The molecule has 1 heterocycles. The van der Waals surface area contributed by atoms with E-state index in [4.69, 9.17) is 17.0 Å². The van der Waals surface area contributed by atoms with Crippen LogP contribution in [0, 0.1) is 0 Å². The first kappa shape index (κ1) is 11.7. The fourth-order valence-electron chi connectivity index (χ4n) is 1.31. The average Bonchev–Trinajstić information content (AvgIpc) is 2.42. The topological polar surface area (TPSA) is 55.4 Å². The highest BCUT2D eigenvalue weighted by Gasteiger charge is 2.28. The minimum Gasteiger partial charge on any atom is -0.471 e. The van der Waals surface area contributed by atoms with Crippen LogP contribution in [-0.2, 0) is 14.6 Å². The van der Waals surface area contributed by atoms with Crippen molar-refractivity contribution >= 4 is 27.2 Å². The number of ether oxygens (including phenoxy) is 1. The summed E-state index contributed by atoms with van der Waals surface area (Å²) >= 11 is 4.90. The zero-order chi connectivity index (χ0) is 10.6. The Morgan fingerprint density at radius 2 is 2.36 bits per heavy atom. The summed E-state index contributed by atoms with van der Waals surface area (Å²) in [5, 5.41) is 3.21. The highest BCUT2D eigenvalue weighted by Crippen LogP contribution is 2.11. The standard InChI is InChI=1S/C8H15NO3S2/c1-2-4-12-8(13)9-7-3-5-14(10,11)6-7/h7H,2-6H2,1H3,(H,9,13)/t7-/m1/s1. The summed E-state index contributed by atoms with van der Waals surface area (Å²) in [4.78, 5) is 0. The number of sulfone groups is 1. The van der Waals surface area contributed by atoms with Crippen LogP contribution in [-0.4, -0.2) is 37.7 Å². The summed E-state index contributed by atoms with van der Waals surface area (Å²) in [6.07, 6.45) is 1.52. The fraction of sp³-hybridized carbons (Fsp3) is 0.875. The lowest BCUT2D eigenvalue weighted by molar-refractivity contribution is 0.294. The lowest BCUT2D eigenvalue weighted by Crippen LogP contribution is -2.35. The predicted octanol–water partition coefficient (Wildman–Crippen LogP) is 0.475. The van der Waals surface area contributed by atoms with Crippen molar-refractivity contribution in [2.75, 3.05) is 18.1 Å². The molecule has 14 heavy (non-hydrogen) atoms. The van der Waals surface area contributed by atoms with E-state index in [1.807, 2.05) is 6.92 Å². The molecule has 0 saturated carbocycles. The van der Waals surface area contributed by atoms with Gasteiger partial charge in [0.2, 0.25) is 0 Å². The van der Waals surface area contributed by atoms with Crippen LogP contribution in [0.1, 0.15) is 19.8 Å². The molecular formula is C8H15NO3S2. The summed E-state index contributed by atoms with van der Waals surface area (Å²) in [7, 11) is -2.84. The van der Waals surface area contributed by atoms with Crippen molar-refractivity contribution in [2.45, 2.75) is 25.8 Å². The van der Waals surface area contributed by atoms with Gasteiger partial charge in [0.1, 0.15) is 0 Å². The van der Waals surface area contributed by atoms with Crippen LogP contribution in [0.4, 0.5) is 0 Å². The summed E-state index contributed by atoms with van der Waals surface area (Å²) < 4.78 is 27.4. The van der Waals surface area contributed by atoms with E-state index in [1.165, 1.54) is 0 Å². The predicted molar refractivity (Wildman–Crippen MR) is 59.0 cm³/mol. The van der Waals surface area contributed by atoms with Crippen molar-refractivity contribution in [3.8, 4) is 0 Å². The van der Waals surface area contributed by atoms with E-state index in [-0.39, 0.29) is 17.5 Å². The van der Waals surface area contributed by atoms with E-state index < -0.39 is 9.84 Å². The Morgan fingerprint density at radius 3 is 2.86 bits per heavy atom. The highest BCUT2D eigenvalue weighted by molar-refractivity contribution is 7.91. The molecule has 82 valence electrons. The van der Waals surface area contributed by atoms with Crippen molar-refractivity contribution in [1.82, 2.24) is 5.32 Å². The van der Waals surface area contributed by atoms with Crippen LogP contribution in [0.3, 0.4) is 0 Å². The molecule has 0 radical (unpaired) electrons. The third-order valence-electron chi connectivity index (χ3n) is 1.99. The molecule has 0 aromatic rings. The normalized spacial score (nSPS) is 24.5. The molecule has 1 fully saturated rings. The maximum Gasteiger partial charge on any atom is 0.256 e. The Morgan fingerprint density at radius 1 is 1.64 bits per heavy atom. The Labute approximate surface area is 89.9 Å². The second-order valence-electron chi connectivity index (χ2n) is 3.38. The molecule has 0 aromatic heterocycles. The average molecular weight is 237 g/mol. The van der Waals surface area contributed by atoms with Gasteiger partial charge in [0.15, 0.2) is 9.84 Å². The lowest BCUT2D eigenvalue weighted by Gasteiger charge is -2.13. The van der Waals surface area contributed by atoms with Gasteiger partial charge in [0.05, 0.1) is 18.1 Å². The van der Waals surface area contributed by atoms with Crippen molar-refractivity contribution in [1.29, 1.82) is 0 Å². The maximum atomic E-state index is 11.1. The largest absolute Gasteiger partial charge is 0.471 e. The molecular weight excluding hydrogens is 222 g/mol. The van der Waals surface area contributed by atoms with Gasteiger partial charge in [-0.25, -0.2) is 8.42 Å². The molecule has 1 aliphatic heterocycles. The number of thiocarbonyl (C=S) groups is 1. The van der Waals surface area contributed by atoms with Crippen LogP contribution in [0.2, 0.25) is 0 Å². The van der Waals surface area contributed by atoms with Crippen LogP contribution in [0.15, 0.2) is 0 Å². The maximum absolute atomic E-state index is 11.1. The molecule has 0 aliphatic carbocycles. The minimum atomic E-state index is -2.84. The third kappa shape index (κ3) is 3.79. The van der Waals surface area contributed by atoms with Crippen LogP contribution >= 0.6 is 12.2 Å². The van der Waals surface area contributed by atoms with Gasteiger partial charge in [-0.15, -0.1) is 0 Å². The quantitative estimate of drug-likeness (QED) is 0.723. The monoisotopic (exact) mass is 237 g/mol. The molecule has 0 spiro atoms. The third-order valence-corrected chi connectivity index (χ3v) is 4.00. The second kappa shape index (κ2) is 4.93. The molecule has 1 rings (SSSR count). The fourth-order valence-corrected chi connectivity index (χ4v) is 3.24. The van der Waals surface area contributed by atoms with Gasteiger partial charge in [-0.2, -0.15) is 0 Å². The first-order valence-corrected chi connectivity index (χ1v) is 6.90. The van der Waals surface area contributed by atoms with Crippen LogP contribution in [0.25, 0.3) is 0 Å². The molecule has 6 heteroatoms. The van der Waals surface area contributed by atoms with E-state index >= 15 is 0 Å². The summed E-state index contributed by atoms with van der Waals surface area (Å²) in [5.74, 6) is 0.420. The molecule has 1 saturated heterocycles. The first-order chi connectivity index (χ1) is 6.53. The van der Waals surface area contributed by atoms with E-state index in [9.17, 15) is 8.42 Å². The number of nitrogens with one attached hydrogen (secondary N) is 1. The van der Waals surface area contributed by atoms with Gasteiger partial charge in [-0.1, -0.05) is 6.92 Å². The molecule has 0 amide bonds. The Balaban J connectivity index is 2.29. The zero-order valence-corrected chi connectivity index (χ0v) is 9.79. The lowest BCUT2D eigenvalue weighted by atomic mass is 10.3. The zero-order valence-electron chi connectivity index (χ0n) is 8.15. The smallest absolute Gasteiger partial charge is 0.256 e. The molecule has 0 bridgehead atoms. The number of rotatable bonds is 3. The Bertz CT molecular complexity index is 300. The van der Waals surface area contributed by atoms with Crippen LogP contribution in [0.5, 0.6) is 0 Å². The number of hydrogen-bond acceptors (Lipinski definition) is 4. The van der Waals surface area contributed by atoms with Gasteiger partial charge >= 0.3 is 0 Å². The first-order valence-electron chi connectivity index (χ1n) is 4.67. The van der Waals surface area contributed by atoms with Crippen molar-refractivity contribution in [2.24, 2.45) is 0 Å². The van der Waals surface area contributed by atoms with Gasteiger partial charge in [0.25, 0.3) is 5.17 Å². The molecule has 1 atom stereocenters. The number of hydrogen-bond donors (Lipinski definition) is 1. The second-order valence-corrected chi connectivity index (χ2v) is 5.98. The Hall–Kier alpha value is -0.360. The highest BCUT2D eigenvalue weighted by atomic mass is 32.2. The Kier molecular flexibility index (Phi) is 4.12. The molecule has 1 aliphatic rings. The molecule has 0 unspecified atom stereocenters.